The molecule has 16 heavy (non-hydrogen) atoms. The van der Waals surface area contributed by atoms with E-state index in [0.717, 1.165) is 19.4 Å². The Labute approximate surface area is 96.5 Å². The molecule has 0 saturated carbocycles. The molecule has 1 N–H and O–H groups in total. The first-order valence-electron chi connectivity index (χ1n) is 5.90. The number of amides is 1. The molecule has 0 radical (unpaired) electrons. The third kappa shape index (κ3) is 2.25. The van der Waals surface area contributed by atoms with Gasteiger partial charge in [0.25, 0.3) is 0 Å². The van der Waals surface area contributed by atoms with Crippen molar-refractivity contribution in [2.75, 3.05) is 13.1 Å². The normalized spacial score (nSPS) is 20.4. The third-order valence-corrected chi connectivity index (χ3v) is 2.95. The van der Waals surface area contributed by atoms with Crippen molar-refractivity contribution in [3.8, 4) is 0 Å². The van der Waals surface area contributed by atoms with Crippen LogP contribution in [-0.4, -0.2) is 23.9 Å². The van der Waals surface area contributed by atoms with Gasteiger partial charge in [-0.15, -0.1) is 0 Å². The molecule has 1 aliphatic rings. The molecule has 0 spiro atoms. The summed E-state index contributed by atoms with van der Waals surface area (Å²) in [5, 5.41) is 3.26. The first-order chi connectivity index (χ1) is 7.83. The van der Waals surface area contributed by atoms with Gasteiger partial charge in [0.2, 0.25) is 5.91 Å². The summed E-state index contributed by atoms with van der Waals surface area (Å²) >= 11 is 0. The summed E-state index contributed by atoms with van der Waals surface area (Å²) in [6.45, 7) is 3.46. The summed E-state index contributed by atoms with van der Waals surface area (Å²) in [7, 11) is 0. The molecule has 1 aromatic rings. The molecule has 0 aromatic heterocycles. The van der Waals surface area contributed by atoms with Crippen LogP contribution in [0, 0.1) is 0 Å². The van der Waals surface area contributed by atoms with Gasteiger partial charge in [-0.25, -0.2) is 0 Å². The third-order valence-electron chi connectivity index (χ3n) is 2.95. The van der Waals surface area contributed by atoms with Gasteiger partial charge >= 0.3 is 0 Å². The van der Waals surface area contributed by atoms with E-state index in [4.69, 9.17) is 0 Å². The minimum Gasteiger partial charge on any atom is -0.322 e. The largest absolute Gasteiger partial charge is 0.322 e. The second kappa shape index (κ2) is 5.12. The van der Waals surface area contributed by atoms with Crippen LogP contribution in [-0.2, 0) is 4.79 Å². The summed E-state index contributed by atoms with van der Waals surface area (Å²) in [5.41, 5.74) is 1.17. The fraction of sp³-hybridized carbons (Fsp3) is 0.462. The van der Waals surface area contributed by atoms with Gasteiger partial charge in [0.15, 0.2) is 0 Å². The summed E-state index contributed by atoms with van der Waals surface area (Å²) in [5.74, 6) is 0.210. The van der Waals surface area contributed by atoms with Crippen LogP contribution in [0.3, 0.4) is 0 Å². The van der Waals surface area contributed by atoms with Crippen molar-refractivity contribution >= 4 is 5.91 Å². The molecule has 1 aliphatic heterocycles. The first-order valence-corrected chi connectivity index (χ1v) is 5.90. The van der Waals surface area contributed by atoms with Crippen LogP contribution in [0.5, 0.6) is 0 Å². The number of nitrogens with one attached hydrogen (secondary N) is 1. The SMILES string of the molecule is CCCCN1C(=O)CNC1c1ccccc1. The zero-order valence-electron chi connectivity index (χ0n) is 9.65. The number of hydrogen-bond donors (Lipinski definition) is 1. The lowest BCUT2D eigenvalue weighted by Crippen LogP contribution is -2.31. The fourth-order valence-electron chi connectivity index (χ4n) is 2.06. The van der Waals surface area contributed by atoms with E-state index in [1.54, 1.807) is 0 Å². The van der Waals surface area contributed by atoms with Gasteiger partial charge in [-0.05, 0) is 12.0 Å². The average Bonchev–Trinajstić information content (AvgIpc) is 2.69. The molecule has 0 bridgehead atoms. The molecule has 1 saturated heterocycles. The van der Waals surface area contributed by atoms with Crippen LogP contribution in [0.15, 0.2) is 30.3 Å². The van der Waals surface area contributed by atoms with Crippen molar-refractivity contribution in [2.24, 2.45) is 0 Å². The van der Waals surface area contributed by atoms with Crippen molar-refractivity contribution in [3.05, 3.63) is 35.9 Å². The first kappa shape index (κ1) is 11.1. The topological polar surface area (TPSA) is 32.3 Å². The molecule has 3 nitrogen and oxygen atoms in total. The Hall–Kier alpha value is -1.35. The Balaban J connectivity index is 2.11. The van der Waals surface area contributed by atoms with E-state index < -0.39 is 0 Å². The predicted molar refractivity (Wildman–Crippen MR) is 63.8 cm³/mol. The lowest BCUT2D eigenvalue weighted by molar-refractivity contribution is -0.128. The second-order valence-electron chi connectivity index (χ2n) is 4.13. The molecule has 1 amide bonds. The zero-order chi connectivity index (χ0) is 11.4. The fourth-order valence-corrected chi connectivity index (χ4v) is 2.06. The molecule has 2 rings (SSSR count). The van der Waals surface area contributed by atoms with E-state index in [9.17, 15) is 4.79 Å². The Morgan fingerprint density at radius 3 is 2.81 bits per heavy atom. The molecule has 0 aliphatic carbocycles. The minimum absolute atomic E-state index is 0.0697. The molecule has 3 heteroatoms. The summed E-state index contributed by atoms with van der Waals surface area (Å²) in [6, 6.07) is 10.1. The van der Waals surface area contributed by atoms with Gasteiger partial charge in [-0.2, -0.15) is 0 Å². The van der Waals surface area contributed by atoms with Crippen LogP contribution < -0.4 is 5.32 Å². The Morgan fingerprint density at radius 2 is 2.12 bits per heavy atom. The minimum atomic E-state index is 0.0697. The Bertz CT molecular complexity index is 350. The standard InChI is InChI=1S/C13H18N2O/c1-2-3-9-15-12(16)10-14-13(15)11-7-5-4-6-8-11/h4-8,13-14H,2-3,9-10H2,1H3. The lowest BCUT2D eigenvalue weighted by atomic mass is 10.1. The van der Waals surface area contributed by atoms with Crippen LogP contribution in [0.25, 0.3) is 0 Å². The van der Waals surface area contributed by atoms with E-state index in [1.807, 2.05) is 23.1 Å². The van der Waals surface area contributed by atoms with Crippen LogP contribution in [0.1, 0.15) is 31.5 Å². The van der Waals surface area contributed by atoms with Crippen molar-refractivity contribution < 1.29 is 4.79 Å². The molecular weight excluding hydrogens is 200 g/mol. The molecule has 1 heterocycles. The van der Waals surface area contributed by atoms with Crippen molar-refractivity contribution in [3.63, 3.8) is 0 Å². The Morgan fingerprint density at radius 1 is 1.38 bits per heavy atom. The average molecular weight is 218 g/mol. The highest BCUT2D eigenvalue weighted by atomic mass is 16.2. The number of unbranched alkanes of at least 4 members (excludes halogenated alkanes) is 1. The van der Waals surface area contributed by atoms with Gasteiger partial charge in [-0.1, -0.05) is 43.7 Å². The van der Waals surface area contributed by atoms with Gasteiger partial charge in [-0.3, -0.25) is 10.1 Å². The zero-order valence-corrected chi connectivity index (χ0v) is 9.65. The molecule has 1 unspecified atom stereocenters. The molecule has 1 fully saturated rings. The predicted octanol–water partition coefficient (Wildman–Crippen LogP) is 1.92. The highest BCUT2D eigenvalue weighted by molar-refractivity contribution is 5.80. The van der Waals surface area contributed by atoms with E-state index in [1.165, 1.54) is 5.56 Å². The maximum atomic E-state index is 11.7. The van der Waals surface area contributed by atoms with E-state index in [0.29, 0.717) is 6.54 Å². The maximum Gasteiger partial charge on any atom is 0.238 e. The second-order valence-corrected chi connectivity index (χ2v) is 4.13. The summed E-state index contributed by atoms with van der Waals surface area (Å²) in [4.78, 5) is 13.7. The monoisotopic (exact) mass is 218 g/mol. The smallest absolute Gasteiger partial charge is 0.238 e. The number of nitrogens with zero attached hydrogens (tertiary/aromatic N) is 1. The Kier molecular flexibility index (Phi) is 3.57. The highest BCUT2D eigenvalue weighted by Crippen LogP contribution is 2.22. The summed E-state index contributed by atoms with van der Waals surface area (Å²) in [6.07, 6.45) is 2.25. The number of carbonyl (C=O) groups excluding carboxylic acids is 1. The number of hydrogen-bond acceptors (Lipinski definition) is 2. The van der Waals surface area contributed by atoms with Gasteiger partial charge in [0.05, 0.1) is 6.54 Å². The lowest BCUT2D eigenvalue weighted by Gasteiger charge is -2.24. The van der Waals surface area contributed by atoms with E-state index in [-0.39, 0.29) is 12.1 Å². The number of benzene rings is 1. The van der Waals surface area contributed by atoms with Crippen LogP contribution in [0.2, 0.25) is 0 Å². The summed E-state index contributed by atoms with van der Waals surface area (Å²) < 4.78 is 0. The van der Waals surface area contributed by atoms with Gasteiger partial charge in [0.1, 0.15) is 6.17 Å². The molecule has 1 atom stereocenters. The van der Waals surface area contributed by atoms with Crippen molar-refractivity contribution in [1.82, 2.24) is 10.2 Å². The molecular formula is C13H18N2O. The van der Waals surface area contributed by atoms with Gasteiger partial charge in [0, 0.05) is 6.54 Å². The highest BCUT2D eigenvalue weighted by Gasteiger charge is 2.30. The quantitative estimate of drug-likeness (QED) is 0.837. The van der Waals surface area contributed by atoms with Crippen LogP contribution in [0.4, 0.5) is 0 Å². The molecule has 1 aromatic carbocycles. The van der Waals surface area contributed by atoms with E-state index in [2.05, 4.69) is 24.4 Å². The number of carbonyl (C=O) groups is 1. The van der Waals surface area contributed by atoms with Crippen molar-refractivity contribution in [1.29, 1.82) is 0 Å². The maximum absolute atomic E-state index is 11.7. The molecule has 86 valence electrons. The van der Waals surface area contributed by atoms with Crippen molar-refractivity contribution in [2.45, 2.75) is 25.9 Å². The van der Waals surface area contributed by atoms with Gasteiger partial charge < -0.3 is 4.90 Å². The number of rotatable bonds is 4. The van der Waals surface area contributed by atoms with E-state index >= 15 is 0 Å². The van der Waals surface area contributed by atoms with Crippen LogP contribution >= 0.6 is 0 Å².